The number of hydrogen-bond donors (Lipinski definition) is 0. The Labute approximate surface area is 116 Å². The number of aromatic nitrogens is 2. The van der Waals surface area contributed by atoms with Crippen molar-refractivity contribution in [1.29, 1.82) is 0 Å². The van der Waals surface area contributed by atoms with E-state index in [1.54, 1.807) is 11.3 Å². The van der Waals surface area contributed by atoms with E-state index in [1.807, 2.05) is 30.3 Å². The summed E-state index contributed by atoms with van der Waals surface area (Å²) in [6.07, 6.45) is 1.21. The summed E-state index contributed by atoms with van der Waals surface area (Å²) < 4.78 is 0. The van der Waals surface area contributed by atoms with Gasteiger partial charge in [0.15, 0.2) is 0 Å². The first kappa shape index (κ1) is 12.1. The summed E-state index contributed by atoms with van der Waals surface area (Å²) in [7, 11) is 0. The summed E-state index contributed by atoms with van der Waals surface area (Å²) >= 11 is 8.10. The van der Waals surface area contributed by atoms with Gasteiger partial charge >= 0.3 is 0 Å². The first-order valence-corrected chi connectivity index (χ1v) is 7.35. The average molecular weight is 279 g/mol. The molecular formula is C14H15ClN2S. The highest BCUT2D eigenvalue weighted by Crippen LogP contribution is 2.59. The second kappa shape index (κ2) is 4.32. The average Bonchev–Trinajstić information content (AvgIpc) is 2.80. The van der Waals surface area contributed by atoms with Crippen LogP contribution in [0.15, 0.2) is 30.3 Å². The van der Waals surface area contributed by atoms with Crippen LogP contribution in [-0.4, -0.2) is 10.2 Å². The summed E-state index contributed by atoms with van der Waals surface area (Å²) in [6, 6.07) is 10.0. The Bertz CT molecular complexity index is 550. The number of benzene rings is 1. The molecule has 0 radical (unpaired) electrons. The summed E-state index contributed by atoms with van der Waals surface area (Å²) in [5.41, 5.74) is 1.47. The zero-order chi connectivity index (χ0) is 12.8. The maximum atomic E-state index is 6.45. The third kappa shape index (κ3) is 2.17. The molecule has 0 amide bonds. The highest BCUT2D eigenvalue weighted by Gasteiger charge is 2.48. The molecule has 3 rings (SSSR count). The van der Waals surface area contributed by atoms with Crippen molar-refractivity contribution in [3.05, 3.63) is 45.9 Å². The minimum absolute atomic E-state index is 0.181. The minimum Gasteiger partial charge on any atom is -0.143 e. The zero-order valence-electron chi connectivity index (χ0n) is 10.4. The van der Waals surface area contributed by atoms with Crippen LogP contribution in [0.5, 0.6) is 0 Å². The molecule has 1 aromatic heterocycles. The minimum atomic E-state index is -0.181. The van der Waals surface area contributed by atoms with E-state index >= 15 is 0 Å². The molecule has 1 heterocycles. The second-order valence-electron chi connectivity index (χ2n) is 5.50. The van der Waals surface area contributed by atoms with Crippen LogP contribution in [-0.2, 0) is 0 Å². The van der Waals surface area contributed by atoms with Crippen molar-refractivity contribution in [2.45, 2.75) is 31.6 Å². The number of nitrogens with zero attached hydrogens (tertiary/aromatic N) is 2. The molecule has 1 aliphatic carbocycles. The predicted molar refractivity (Wildman–Crippen MR) is 75.2 cm³/mol. The molecule has 0 aliphatic heterocycles. The van der Waals surface area contributed by atoms with Crippen molar-refractivity contribution >= 4 is 22.9 Å². The molecule has 1 fully saturated rings. The molecule has 0 bridgehead atoms. The van der Waals surface area contributed by atoms with E-state index in [4.69, 9.17) is 11.6 Å². The van der Waals surface area contributed by atoms with Gasteiger partial charge in [-0.05, 0) is 17.4 Å². The van der Waals surface area contributed by atoms with Gasteiger partial charge in [-0.2, -0.15) is 0 Å². The van der Waals surface area contributed by atoms with Gasteiger partial charge in [0.2, 0.25) is 0 Å². The molecule has 0 N–H and O–H groups in total. The van der Waals surface area contributed by atoms with Gasteiger partial charge < -0.3 is 0 Å². The highest BCUT2D eigenvalue weighted by molar-refractivity contribution is 7.11. The Morgan fingerprint density at radius 2 is 1.94 bits per heavy atom. The number of rotatable bonds is 3. The lowest BCUT2D eigenvalue weighted by Gasteiger charge is -2.04. The lowest BCUT2D eigenvalue weighted by Crippen LogP contribution is -1.91. The van der Waals surface area contributed by atoms with Crippen LogP contribution < -0.4 is 0 Å². The Kier molecular flexibility index (Phi) is 2.91. The quantitative estimate of drug-likeness (QED) is 0.779. The monoisotopic (exact) mass is 278 g/mol. The molecule has 4 heteroatoms. The van der Waals surface area contributed by atoms with E-state index in [1.165, 1.54) is 6.42 Å². The lowest BCUT2D eigenvalue weighted by atomic mass is 10.1. The van der Waals surface area contributed by atoms with Crippen LogP contribution in [0.25, 0.3) is 0 Å². The van der Waals surface area contributed by atoms with Gasteiger partial charge in [-0.25, -0.2) is 0 Å². The van der Waals surface area contributed by atoms with Gasteiger partial charge in [0.25, 0.3) is 0 Å². The van der Waals surface area contributed by atoms with Gasteiger partial charge in [-0.15, -0.1) is 21.8 Å². The highest BCUT2D eigenvalue weighted by atomic mass is 35.5. The maximum absolute atomic E-state index is 6.45. The number of halogens is 1. The van der Waals surface area contributed by atoms with Crippen LogP contribution in [0.3, 0.4) is 0 Å². The second-order valence-corrected chi connectivity index (χ2v) is 6.97. The first-order chi connectivity index (χ1) is 8.58. The van der Waals surface area contributed by atoms with Crippen molar-refractivity contribution in [3.63, 3.8) is 0 Å². The molecule has 0 saturated heterocycles. The fourth-order valence-electron chi connectivity index (χ4n) is 2.14. The Morgan fingerprint density at radius 1 is 1.28 bits per heavy atom. The standard InChI is InChI=1S/C14H15ClN2S/c1-14(2)8-10(14)12-16-17-13(18-12)11(15)9-6-4-3-5-7-9/h3-7,10-11H,8H2,1-2H3. The van der Waals surface area contributed by atoms with Crippen LogP contribution in [0.2, 0.25) is 0 Å². The molecule has 18 heavy (non-hydrogen) atoms. The molecule has 2 unspecified atom stereocenters. The largest absolute Gasteiger partial charge is 0.143 e. The molecule has 1 saturated carbocycles. The Balaban J connectivity index is 1.82. The molecule has 94 valence electrons. The molecule has 2 aromatic rings. The Hall–Kier alpha value is -0.930. The normalized spacial score (nSPS) is 22.7. The van der Waals surface area contributed by atoms with Crippen molar-refractivity contribution in [1.82, 2.24) is 10.2 Å². The fraction of sp³-hybridized carbons (Fsp3) is 0.429. The topological polar surface area (TPSA) is 25.8 Å². The van der Waals surface area contributed by atoms with Gasteiger partial charge in [-0.3, -0.25) is 0 Å². The van der Waals surface area contributed by atoms with Crippen molar-refractivity contribution in [3.8, 4) is 0 Å². The fourth-order valence-corrected chi connectivity index (χ4v) is 3.63. The number of alkyl halides is 1. The van der Waals surface area contributed by atoms with E-state index in [9.17, 15) is 0 Å². The van der Waals surface area contributed by atoms with E-state index in [0.29, 0.717) is 11.3 Å². The van der Waals surface area contributed by atoms with Crippen molar-refractivity contribution in [2.75, 3.05) is 0 Å². The smallest absolute Gasteiger partial charge is 0.139 e. The Morgan fingerprint density at radius 3 is 2.56 bits per heavy atom. The van der Waals surface area contributed by atoms with Gasteiger partial charge in [0.05, 0.1) is 0 Å². The predicted octanol–water partition coefficient (Wildman–Crippen LogP) is 4.38. The molecule has 2 atom stereocenters. The molecular weight excluding hydrogens is 264 g/mol. The number of hydrogen-bond acceptors (Lipinski definition) is 3. The van der Waals surface area contributed by atoms with Gasteiger partial charge in [0.1, 0.15) is 15.4 Å². The van der Waals surface area contributed by atoms with Crippen LogP contribution in [0.4, 0.5) is 0 Å². The SMILES string of the molecule is CC1(C)CC1c1nnc(C(Cl)c2ccccc2)s1. The summed E-state index contributed by atoms with van der Waals surface area (Å²) in [5.74, 6) is 0.573. The third-order valence-corrected chi connectivity index (χ3v) is 5.27. The molecule has 1 aliphatic rings. The summed E-state index contributed by atoms with van der Waals surface area (Å²) in [4.78, 5) is 0. The van der Waals surface area contributed by atoms with E-state index < -0.39 is 0 Å². The van der Waals surface area contributed by atoms with Crippen molar-refractivity contribution in [2.24, 2.45) is 5.41 Å². The van der Waals surface area contributed by atoms with Gasteiger partial charge in [0, 0.05) is 5.92 Å². The van der Waals surface area contributed by atoms with E-state index in [2.05, 4.69) is 24.0 Å². The van der Waals surface area contributed by atoms with Crippen LogP contribution in [0.1, 0.15) is 47.1 Å². The summed E-state index contributed by atoms with van der Waals surface area (Å²) in [6.45, 7) is 4.54. The first-order valence-electron chi connectivity index (χ1n) is 6.10. The lowest BCUT2D eigenvalue weighted by molar-refractivity contribution is 0.618. The maximum Gasteiger partial charge on any atom is 0.139 e. The van der Waals surface area contributed by atoms with Gasteiger partial charge in [-0.1, -0.05) is 55.5 Å². The van der Waals surface area contributed by atoms with Crippen molar-refractivity contribution < 1.29 is 0 Å². The zero-order valence-corrected chi connectivity index (χ0v) is 12.0. The van der Waals surface area contributed by atoms with E-state index in [-0.39, 0.29) is 5.38 Å². The van der Waals surface area contributed by atoms with E-state index in [0.717, 1.165) is 15.6 Å². The van der Waals surface area contributed by atoms with Crippen LogP contribution in [0, 0.1) is 5.41 Å². The molecule has 2 nitrogen and oxygen atoms in total. The molecule has 0 spiro atoms. The molecule has 1 aromatic carbocycles. The third-order valence-electron chi connectivity index (χ3n) is 3.58. The van der Waals surface area contributed by atoms with Crippen LogP contribution >= 0.6 is 22.9 Å². The summed E-state index contributed by atoms with van der Waals surface area (Å²) in [5, 5.41) is 10.4.